The van der Waals surface area contributed by atoms with Gasteiger partial charge in [0, 0.05) is 36.6 Å². The monoisotopic (exact) mass is 274 g/mol. The highest BCUT2D eigenvalue weighted by atomic mass is 19.1. The van der Waals surface area contributed by atoms with E-state index in [1.807, 2.05) is 38.0 Å². The average molecular weight is 274 g/mol. The van der Waals surface area contributed by atoms with E-state index < -0.39 is 0 Å². The van der Waals surface area contributed by atoms with Crippen LogP contribution in [-0.2, 0) is 6.54 Å². The Bertz CT molecular complexity index is 645. The topological polar surface area (TPSA) is 25.2 Å². The van der Waals surface area contributed by atoms with Gasteiger partial charge in [0.2, 0.25) is 0 Å². The summed E-state index contributed by atoms with van der Waals surface area (Å²) >= 11 is 0. The van der Waals surface area contributed by atoms with Crippen LogP contribution in [0.25, 0.3) is 11.1 Å². The van der Waals surface area contributed by atoms with E-state index in [0.717, 1.165) is 18.7 Å². The van der Waals surface area contributed by atoms with E-state index in [4.69, 9.17) is 0 Å². The summed E-state index contributed by atoms with van der Waals surface area (Å²) in [7, 11) is 4.02. The number of nitrogens with zero attached hydrogens (tertiary/aromatic N) is 2. The molecule has 0 saturated carbocycles. The summed E-state index contributed by atoms with van der Waals surface area (Å²) < 4.78 is 15.0. The summed E-state index contributed by atoms with van der Waals surface area (Å²) in [5, 5.41) is 0. The third-order valence-corrected chi connectivity index (χ3v) is 3.22. The molecule has 0 bridgehead atoms. The Hall–Kier alpha value is -1.94. The first kappa shape index (κ1) is 14.5. The first-order valence-corrected chi connectivity index (χ1v) is 6.59. The van der Waals surface area contributed by atoms with E-state index in [2.05, 4.69) is 4.90 Å². The van der Waals surface area contributed by atoms with Gasteiger partial charge < -0.3 is 9.47 Å². The molecule has 2 rings (SSSR count). The van der Waals surface area contributed by atoms with Crippen molar-refractivity contribution in [1.82, 2.24) is 9.47 Å². The van der Waals surface area contributed by atoms with Crippen LogP contribution in [0.2, 0.25) is 0 Å². The third-order valence-electron chi connectivity index (χ3n) is 3.22. The van der Waals surface area contributed by atoms with Crippen molar-refractivity contribution in [2.75, 3.05) is 20.6 Å². The zero-order valence-electron chi connectivity index (χ0n) is 12.1. The molecule has 0 aliphatic carbocycles. The second-order valence-electron chi connectivity index (χ2n) is 5.23. The van der Waals surface area contributed by atoms with Gasteiger partial charge in [0.05, 0.1) is 0 Å². The molecule has 106 valence electrons. The number of hydrogen-bond donors (Lipinski definition) is 0. The minimum Gasteiger partial charge on any atom is -0.352 e. The van der Waals surface area contributed by atoms with Crippen LogP contribution in [0.5, 0.6) is 0 Å². The number of halogens is 1. The van der Waals surface area contributed by atoms with Crippen molar-refractivity contribution in [2.24, 2.45) is 0 Å². The largest absolute Gasteiger partial charge is 0.352 e. The van der Waals surface area contributed by atoms with Crippen molar-refractivity contribution in [3.63, 3.8) is 0 Å². The molecule has 4 heteroatoms. The molecule has 0 radical (unpaired) electrons. The lowest BCUT2D eigenvalue weighted by Gasteiger charge is -2.14. The van der Waals surface area contributed by atoms with Crippen LogP contribution in [0.4, 0.5) is 4.39 Å². The van der Waals surface area contributed by atoms with Gasteiger partial charge in [-0.2, -0.15) is 0 Å². The lowest BCUT2D eigenvalue weighted by Crippen LogP contribution is -2.20. The number of hydrogen-bond acceptors (Lipinski definition) is 2. The lowest BCUT2D eigenvalue weighted by atomic mass is 10.1. The van der Waals surface area contributed by atoms with Gasteiger partial charge in [-0.25, -0.2) is 4.39 Å². The zero-order valence-corrected chi connectivity index (χ0v) is 12.1. The van der Waals surface area contributed by atoms with Crippen LogP contribution in [-0.4, -0.2) is 30.1 Å². The number of rotatable bonds is 4. The van der Waals surface area contributed by atoms with Crippen molar-refractivity contribution in [2.45, 2.75) is 13.5 Å². The Morgan fingerprint density at radius 2 is 1.80 bits per heavy atom. The second kappa shape index (κ2) is 6.01. The highest BCUT2D eigenvalue weighted by molar-refractivity contribution is 5.62. The van der Waals surface area contributed by atoms with Crippen LogP contribution in [0.3, 0.4) is 0 Å². The Morgan fingerprint density at radius 1 is 1.15 bits per heavy atom. The van der Waals surface area contributed by atoms with Crippen molar-refractivity contribution >= 4 is 0 Å². The fourth-order valence-corrected chi connectivity index (χ4v) is 2.06. The van der Waals surface area contributed by atoms with E-state index in [1.54, 1.807) is 12.1 Å². The van der Waals surface area contributed by atoms with E-state index in [9.17, 15) is 9.18 Å². The molecule has 0 aliphatic rings. The first-order valence-electron chi connectivity index (χ1n) is 6.59. The van der Waals surface area contributed by atoms with Gasteiger partial charge in [-0.1, -0.05) is 12.1 Å². The van der Waals surface area contributed by atoms with Gasteiger partial charge in [0.15, 0.2) is 5.43 Å². The van der Waals surface area contributed by atoms with Crippen LogP contribution in [0, 0.1) is 12.7 Å². The normalized spacial score (nSPS) is 11.1. The minimum absolute atomic E-state index is 0.00212. The highest BCUT2D eigenvalue weighted by Gasteiger charge is 2.07. The van der Waals surface area contributed by atoms with E-state index in [-0.39, 0.29) is 11.2 Å². The molecule has 0 spiro atoms. The van der Waals surface area contributed by atoms with Gasteiger partial charge >= 0.3 is 0 Å². The average Bonchev–Trinajstić information content (AvgIpc) is 2.41. The molecule has 0 N–H and O–H groups in total. The third kappa shape index (κ3) is 3.33. The van der Waals surface area contributed by atoms with Crippen molar-refractivity contribution in [3.8, 4) is 11.1 Å². The smallest absolute Gasteiger partial charge is 0.192 e. The van der Waals surface area contributed by atoms with Crippen LogP contribution in [0.15, 0.2) is 41.5 Å². The van der Waals surface area contributed by atoms with Crippen molar-refractivity contribution < 1.29 is 4.39 Å². The summed E-state index contributed by atoms with van der Waals surface area (Å²) in [5.74, 6) is -0.297. The zero-order chi connectivity index (χ0) is 14.7. The number of aryl methyl sites for hydroxylation is 1. The fourth-order valence-electron chi connectivity index (χ4n) is 2.06. The maximum atomic E-state index is 13.0. The number of pyridine rings is 1. The molecule has 1 aromatic heterocycles. The molecular weight excluding hydrogens is 255 g/mol. The second-order valence-corrected chi connectivity index (χ2v) is 5.23. The molecule has 0 atom stereocenters. The van der Waals surface area contributed by atoms with Gasteiger partial charge in [-0.3, -0.25) is 4.79 Å². The molecule has 3 nitrogen and oxygen atoms in total. The van der Waals surface area contributed by atoms with E-state index in [0.29, 0.717) is 11.1 Å². The summed E-state index contributed by atoms with van der Waals surface area (Å²) in [5.41, 5.74) is 2.06. The van der Waals surface area contributed by atoms with Crippen molar-refractivity contribution in [1.29, 1.82) is 0 Å². The van der Waals surface area contributed by atoms with Crippen LogP contribution < -0.4 is 5.43 Å². The Labute approximate surface area is 118 Å². The Kier molecular flexibility index (Phi) is 4.35. The summed E-state index contributed by atoms with van der Waals surface area (Å²) in [6.45, 7) is 3.51. The Balaban J connectivity index is 2.41. The Morgan fingerprint density at radius 3 is 2.40 bits per heavy atom. The molecule has 0 saturated heterocycles. The van der Waals surface area contributed by atoms with E-state index in [1.165, 1.54) is 12.1 Å². The predicted molar refractivity (Wildman–Crippen MR) is 79.4 cm³/mol. The molecule has 1 heterocycles. The van der Waals surface area contributed by atoms with Crippen LogP contribution in [0.1, 0.15) is 5.56 Å². The summed E-state index contributed by atoms with van der Waals surface area (Å²) in [6, 6.07) is 6.03. The van der Waals surface area contributed by atoms with E-state index >= 15 is 0 Å². The summed E-state index contributed by atoms with van der Waals surface area (Å²) in [6.07, 6.45) is 3.70. The molecule has 1 aromatic carbocycles. The molecule has 20 heavy (non-hydrogen) atoms. The predicted octanol–water partition coefficient (Wildman–Crippen LogP) is 2.52. The molecular formula is C16H19FN2O. The molecule has 0 amide bonds. The molecule has 0 aliphatic heterocycles. The van der Waals surface area contributed by atoms with Gasteiger partial charge in [0.25, 0.3) is 0 Å². The molecule has 0 unspecified atom stereocenters. The molecule has 0 fully saturated rings. The lowest BCUT2D eigenvalue weighted by molar-refractivity contribution is 0.383. The standard InChI is InChI=1S/C16H19FN2O/c1-12-10-19(9-8-18(2)3)11-15(16(12)20)13-4-6-14(17)7-5-13/h4-7,10-11H,8-9H2,1-3H3. The maximum absolute atomic E-state index is 13.0. The summed E-state index contributed by atoms with van der Waals surface area (Å²) in [4.78, 5) is 14.3. The quantitative estimate of drug-likeness (QED) is 0.856. The minimum atomic E-state index is -0.297. The molecule has 2 aromatic rings. The number of benzene rings is 1. The SMILES string of the molecule is Cc1cn(CCN(C)C)cc(-c2ccc(F)cc2)c1=O. The van der Waals surface area contributed by atoms with Crippen LogP contribution >= 0.6 is 0 Å². The first-order chi connectivity index (χ1) is 9.47. The number of likely N-dealkylation sites (N-methyl/N-ethyl adjacent to an activating group) is 1. The van der Waals surface area contributed by atoms with Gasteiger partial charge in [-0.05, 0) is 38.7 Å². The van der Waals surface area contributed by atoms with Gasteiger partial charge in [-0.15, -0.1) is 0 Å². The maximum Gasteiger partial charge on any atom is 0.192 e. The number of aromatic nitrogens is 1. The fraction of sp³-hybridized carbons (Fsp3) is 0.312. The highest BCUT2D eigenvalue weighted by Crippen LogP contribution is 2.16. The van der Waals surface area contributed by atoms with Crippen molar-refractivity contribution in [3.05, 3.63) is 58.3 Å². The van der Waals surface area contributed by atoms with Gasteiger partial charge in [0.1, 0.15) is 5.82 Å².